The molecule has 0 aliphatic rings. The number of ether oxygens (including phenoxy) is 2. The summed E-state index contributed by atoms with van der Waals surface area (Å²) in [6.07, 6.45) is 3.21. The molecule has 0 aliphatic carbocycles. The molecule has 7 nitrogen and oxygen atoms in total. The van der Waals surface area contributed by atoms with Crippen LogP contribution in [0.15, 0.2) is 95.9 Å². The van der Waals surface area contributed by atoms with Crippen molar-refractivity contribution >= 4 is 34.3 Å². The van der Waals surface area contributed by atoms with Crippen LogP contribution in [0, 0.1) is 0 Å². The zero-order valence-corrected chi connectivity index (χ0v) is 19.9. The first-order chi connectivity index (χ1) is 17.2. The molecule has 0 saturated carbocycles. The highest BCUT2D eigenvalue weighted by Gasteiger charge is 2.09. The quantitative estimate of drug-likeness (QED) is 0.167. The molecule has 0 atom stereocenters. The summed E-state index contributed by atoms with van der Waals surface area (Å²) in [7, 11) is 1.56. The lowest BCUT2D eigenvalue weighted by molar-refractivity contribution is 0.0955. The fourth-order valence-electron chi connectivity index (χ4n) is 3.16. The summed E-state index contributed by atoms with van der Waals surface area (Å²) in [6, 6.07) is 22.5. The van der Waals surface area contributed by atoms with E-state index in [-0.39, 0.29) is 5.91 Å². The molecule has 4 aromatic rings. The molecule has 1 aromatic heterocycles. The molecule has 3 aromatic carbocycles. The van der Waals surface area contributed by atoms with E-state index in [9.17, 15) is 4.79 Å². The zero-order chi connectivity index (χ0) is 24.5. The molecule has 1 heterocycles. The molecule has 0 aliphatic heterocycles. The first kappa shape index (κ1) is 23.7. The number of carbonyl (C=O) groups is 1. The van der Waals surface area contributed by atoms with Crippen molar-refractivity contribution in [1.82, 2.24) is 10.4 Å². The average Bonchev–Trinajstić information content (AvgIpc) is 3.36. The Morgan fingerprint density at radius 3 is 2.63 bits per heavy atom. The molecule has 4 rings (SSSR count). The van der Waals surface area contributed by atoms with Crippen LogP contribution >= 0.6 is 11.3 Å². The molecule has 176 valence electrons. The Kier molecular flexibility index (Phi) is 7.88. The lowest BCUT2D eigenvalue weighted by atomic mass is 10.1. The first-order valence-electron chi connectivity index (χ1n) is 10.8. The number of hydrogen-bond acceptors (Lipinski definition) is 7. The van der Waals surface area contributed by atoms with Crippen LogP contribution < -0.4 is 20.2 Å². The van der Waals surface area contributed by atoms with Crippen molar-refractivity contribution < 1.29 is 14.3 Å². The van der Waals surface area contributed by atoms with Gasteiger partial charge in [0.2, 0.25) is 0 Å². The number of hydrogen-bond donors (Lipinski definition) is 2. The van der Waals surface area contributed by atoms with Gasteiger partial charge in [-0.3, -0.25) is 4.79 Å². The predicted molar refractivity (Wildman–Crippen MR) is 141 cm³/mol. The van der Waals surface area contributed by atoms with Crippen LogP contribution in [0.5, 0.6) is 11.5 Å². The number of para-hydroxylation sites is 1. The van der Waals surface area contributed by atoms with Gasteiger partial charge in [0.15, 0.2) is 16.6 Å². The predicted octanol–water partition coefficient (Wildman–Crippen LogP) is 5.89. The van der Waals surface area contributed by atoms with Gasteiger partial charge in [-0.1, -0.05) is 43.0 Å². The molecular formula is C27H24N4O3S. The van der Waals surface area contributed by atoms with Gasteiger partial charge in [-0.25, -0.2) is 10.4 Å². The van der Waals surface area contributed by atoms with Gasteiger partial charge >= 0.3 is 0 Å². The van der Waals surface area contributed by atoms with E-state index in [1.165, 1.54) is 11.3 Å². The third-order valence-electron chi connectivity index (χ3n) is 4.90. The number of methoxy groups -OCH3 is 1. The van der Waals surface area contributed by atoms with Gasteiger partial charge in [0.1, 0.15) is 6.61 Å². The van der Waals surface area contributed by atoms with Gasteiger partial charge < -0.3 is 14.8 Å². The van der Waals surface area contributed by atoms with Crippen LogP contribution in [0.2, 0.25) is 0 Å². The topological polar surface area (TPSA) is 84.8 Å². The Hall–Kier alpha value is -4.43. The lowest BCUT2D eigenvalue weighted by Crippen LogP contribution is -2.17. The molecule has 2 N–H and O–H groups in total. The number of hydrazone groups is 1. The van der Waals surface area contributed by atoms with E-state index in [4.69, 9.17) is 9.47 Å². The molecule has 35 heavy (non-hydrogen) atoms. The summed E-state index contributed by atoms with van der Waals surface area (Å²) in [5.74, 6) is 0.869. The van der Waals surface area contributed by atoms with Crippen molar-refractivity contribution in [3.63, 3.8) is 0 Å². The van der Waals surface area contributed by atoms with Crippen molar-refractivity contribution in [3.8, 4) is 22.8 Å². The van der Waals surface area contributed by atoms with Crippen molar-refractivity contribution in [1.29, 1.82) is 0 Å². The fourth-order valence-corrected chi connectivity index (χ4v) is 3.90. The second kappa shape index (κ2) is 11.6. The van der Waals surface area contributed by atoms with E-state index in [0.29, 0.717) is 23.7 Å². The Morgan fingerprint density at radius 1 is 1.09 bits per heavy atom. The fraction of sp³-hybridized carbons (Fsp3) is 0.0741. The number of rotatable bonds is 10. The van der Waals surface area contributed by atoms with Gasteiger partial charge in [0.25, 0.3) is 5.91 Å². The Morgan fingerprint density at radius 2 is 1.89 bits per heavy atom. The Labute approximate surface area is 207 Å². The van der Waals surface area contributed by atoms with Crippen molar-refractivity contribution in [2.24, 2.45) is 5.10 Å². The molecular weight excluding hydrogens is 460 g/mol. The number of carbonyl (C=O) groups excluding carboxylic acids is 1. The maximum absolute atomic E-state index is 12.5. The minimum atomic E-state index is -0.310. The van der Waals surface area contributed by atoms with Gasteiger partial charge in [0.05, 0.1) is 19.0 Å². The summed E-state index contributed by atoms with van der Waals surface area (Å²) in [5, 5.41) is 10.1. The summed E-state index contributed by atoms with van der Waals surface area (Å²) in [4.78, 5) is 17.1. The van der Waals surface area contributed by atoms with Gasteiger partial charge in [-0.05, 0) is 48.0 Å². The van der Waals surface area contributed by atoms with E-state index in [1.54, 1.807) is 43.7 Å². The standard InChI is InChI=1S/C27H24N4O3S/c1-3-15-34-24-14-9-19(16-25(24)33-2)17-28-31-26(32)21-12-10-20(11-13-21)23-18-35-27(30-23)29-22-7-5-4-6-8-22/h3-14,16-18H,1,15H2,2H3,(H,29,30)(H,31,32)/b28-17-. The molecule has 0 radical (unpaired) electrons. The monoisotopic (exact) mass is 484 g/mol. The highest BCUT2D eigenvalue weighted by molar-refractivity contribution is 7.14. The molecule has 0 spiro atoms. The summed E-state index contributed by atoms with van der Waals surface area (Å²) >= 11 is 1.52. The van der Waals surface area contributed by atoms with Crippen molar-refractivity contribution in [3.05, 3.63) is 102 Å². The van der Waals surface area contributed by atoms with Crippen LogP contribution in [0.4, 0.5) is 10.8 Å². The Balaban J connectivity index is 1.35. The number of aromatic nitrogens is 1. The van der Waals surface area contributed by atoms with Crippen molar-refractivity contribution in [2.45, 2.75) is 0 Å². The van der Waals surface area contributed by atoms with Gasteiger partial charge in [-0.2, -0.15) is 5.10 Å². The molecule has 0 bridgehead atoms. The van der Waals surface area contributed by atoms with Crippen LogP contribution in [0.1, 0.15) is 15.9 Å². The van der Waals surface area contributed by atoms with Crippen LogP contribution in [-0.4, -0.2) is 30.8 Å². The average molecular weight is 485 g/mol. The molecule has 1 amide bonds. The smallest absolute Gasteiger partial charge is 0.271 e. The zero-order valence-electron chi connectivity index (χ0n) is 19.1. The molecule has 8 heteroatoms. The lowest BCUT2D eigenvalue weighted by Gasteiger charge is -2.09. The summed E-state index contributed by atoms with van der Waals surface area (Å²) < 4.78 is 10.9. The maximum Gasteiger partial charge on any atom is 0.271 e. The molecule has 0 fully saturated rings. The Bertz CT molecular complexity index is 1320. The minimum absolute atomic E-state index is 0.310. The number of anilines is 2. The van der Waals surface area contributed by atoms with Gasteiger partial charge in [-0.15, -0.1) is 11.3 Å². The minimum Gasteiger partial charge on any atom is -0.493 e. The van der Waals surface area contributed by atoms with E-state index >= 15 is 0 Å². The highest BCUT2D eigenvalue weighted by Crippen LogP contribution is 2.28. The number of benzene rings is 3. The van der Waals surface area contributed by atoms with E-state index in [0.717, 1.165) is 27.6 Å². The second-order valence-corrected chi connectivity index (χ2v) is 8.17. The molecule has 0 saturated heterocycles. The normalized spacial score (nSPS) is 10.7. The van der Waals surface area contributed by atoms with Crippen LogP contribution in [0.3, 0.4) is 0 Å². The van der Waals surface area contributed by atoms with Crippen molar-refractivity contribution in [2.75, 3.05) is 19.0 Å². The SMILES string of the molecule is C=CCOc1ccc(/C=N\NC(=O)c2ccc(-c3csc(Nc4ccccc4)n3)cc2)cc1OC. The van der Waals surface area contributed by atoms with Crippen LogP contribution in [0.25, 0.3) is 11.3 Å². The third-order valence-corrected chi connectivity index (χ3v) is 5.65. The third kappa shape index (κ3) is 6.33. The summed E-state index contributed by atoms with van der Waals surface area (Å²) in [5.41, 5.74) is 6.55. The van der Waals surface area contributed by atoms with E-state index in [1.807, 2.05) is 53.9 Å². The maximum atomic E-state index is 12.5. The largest absolute Gasteiger partial charge is 0.493 e. The van der Waals surface area contributed by atoms with Crippen LogP contribution in [-0.2, 0) is 0 Å². The number of thiazole rings is 1. The second-order valence-electron chi connectivity index (χ2n) is 7.32. The van der Waals surface area contributed by atoms with E-state index < -0.39 is 0 Å². The molecule has 0 unspecified atom stereocenters. The number of amides is 1. The first-order valence-corrected chi connectivity index (χ1v) is 11.7. The highest BCUT2D eigenvalue weighted by atomic mass is 32.1. The van der Waals surface area contributed by atoms with Gasteiger partial charge in [0, 0.05) is 22.2 Å². The number of nitrogens with zero attached hydrogens (tertiary/aromatic N) is 2. The number of nitrogens with one attached hydrogen (secondary N) is 2. The van der Waals surface area contributed by atoms with E-state index in [2.05, 4.69) is 27.4 Å². The summed E-state index contributed by atoms with van der Waals surface area (Å²) in [6.45, 7) is 4.02.